The van der Waals surface area contributed by atoms with E-state index in [4.69, 9.17) is 4.74 Å². The van der Waals surface area contributed by atoms with Crippen LogP contribution in [0.2, 0.25) is 0 Å². The number of nitrogens with one attached hydrogen (secondary N) is 1. The van der Waals surface area contributed by atoms with Crippen molar-refractivity contribution < 1.29 is 9.53 Å². The minimum Gasteiger partial charge on any atom is -0.438 e. The lowest BCUT2D eigenvalue weighted by molar-refractivity contribution is -0.116. The van der Waals surface area contributed by atoms with Crippen molar-refractivity contribution in [3.05, 3.63) is 76.2 Å². The molecular weight excluding hydrogens is 332 g/mol. The lowest BCUT2D eigenvalue weighted by Gasteiger charge is -2.10. The fourth-order valence-corrected chi connectivity index (χ4v) is 2.31. The number of carbonyl (C=O) groups excluding carboxylic acids is 1. The third-order valence-corrected chi connectivity index (χ3v) is 3.57. The predicted octanol–water partition coefficient (Wildman–Crippen LogP) is 2.14. The van der Waals surface area contributed by atoms with Gasteiger partial charge >= 0.3 is 0 Å². The highest BCUT2D eigenvalue weighted by Crippen LogP contribution is 2.23. The van der Waals surface area contributed by atoms with E-state index in [-0.39, 0.29) is 17.0 Å². The number of aromatic nitrogens is 2. The average Bonchev–Trinajstić information content (AvgIpc) is 2.68. The SMILES string of the molecule is CNC(=O)C(C#N)=Cc1c(Oc2ccccc2)nc2ccccn2c1=O. The number of carbonyl (C=O) groups is 1. The van der Waals surface area contributed by atoms with Gasteiger partial charge in [-0.05, 0) is 30.3 Å². The summed E-state index contributed by atoms with van der Waals surface area (Å²) in [4.78, 5) is 29.0. The Balaban J connectivity index is 2.24. The number of rotatable bonds is 4. The summed E-state index contributed by atoms with van der Waals surface area (Å²) >= 11 is 0. The van der Waals surface area contributed by atoms with Crippen LogP contribution in [0, 0.1) is 11.3 Å². The van der Waals surface area contributed by atoms with Gasteiger partial charge < -0.3 is 10.1 Å². The molecule has 3 rings (SSSR count). The number of hydrogen-bond donors (Lipinski definition) is 1. The maximum absolute atomic E-state index is 12.9. The van der Waals surface area contributed by atoms with Crippen LogP contribution in [0.1, 0.15) is 5.56 Å². The van der Waals surface area contributed by atoms with Crippen molar-refractivity contribution in [3.63, 3.8) is 0 Å². The molecule has 2 heterocycles. The molecule has 7 heteroatoms. The number of nitrogens with zero attached hydrogens (tertiary/aromatic N) is 3. The highest BCUT2D eigenvalue weighted by atomic mass is 16.5. The molecular formula is C19H14N4O3. The largest absolute Gasteiger partial charge is 0.438 e. The fraction of sp³-hybridized carbons (Fsp3) is 0.0526. The summed E-state index contributed by atoms with van der Waals surface area (Å²) in [5, 5.41) is 11.6. The van der Waals surface area contributed by atoms with Crippen molar-refractivity contribution >= 4 is 17.6 Å². The van der Waals surface area contributed by atoms with Gasteiger partial charge in [-0.1, -0.05) is 24.3 Å². The molecule has 1 N–H and O–H groups in total. The molecule has 0 bridgehead atoms. The Kier molecular flexibility index (Phi) is 4.76. The first-order valence-electron chi connectivity index (χ1n) is 7.72. The lowest BCUT2D eigenvalue weighted by atomic mass is 10.1. The van der Waals surface area contributed by atoms with E-state index >= 15 is 0 Å². The minimum absolute atomic E-state index is 0.0118. The van der Waals surface area contributed by atoms with Crippen LogP contribution in [0.3, 0.4) is 0 Å². The minimum atomic E-state index is -0.601. The molecule has 0 spiro atoms. The summed E-state index contributed by atoms with van der Waals surface area (Å²) in [6, 6.07) is 15.7. The second-order valence-corrected chi connectivity index (χ2v) is 5.23. The van der Waals surface area contributed by atoms with Crippen molar-refractivity contribution in [2.24, 2.45) is 0 Å². The lowest BCUT2D eigenvalue weighted by Crippen LogP contribution is -2.22. The highest BCUT2D eigenvalue weighted by molar-refractivity contribution is 6.01. The first kappa shape index (κ1) is 16.9. The molecule has 128 valence electrons. The van der Waals surface area contributed by atoms with Gasteiger partial charge in [-0.3, -0.25) is 14.0 Å². The Morgan fingerprint density at radius 2 is 1.96 bits per heavy atom. The van der Waals surface area contributed by atoms with Gasteiger partial charge in [0.15, 0.2) is 0 Å². The molecule has 7 nitrogen and oxygen atoms in total. The number of pyridine rings is 1. The van der Waals surface area contributed by atoms with Gasteiger partial charge in [0, 0.05) is 13.2 Å². The highest BCUT2D eigenvalue weighted by Gasteiger charge is 2.16. The zero-order valence-electron chi connectivity index (χ0n) is 13.8. The van der Waals surface area contributed by atoms with E-state index in [1.54, 1.807) is 54.7 Å². The normalized spacial score (nSPS) is 11.0. The summed E-state index contributed by atoms with van der Waals surface area (Å²) in [5.41, 5.74) is -0.268. The predicted molar refractivity (Wildman–Crippen MR) is 95.6 cm³/mol. The van der Waals surface area contributed by atoms with Gasteiger partial charge in [-0.2, -0.15) is 10.2 Å². The zero-order chi connectivity index (χ0) is 18.5. The first-order valence-corrected chi connectivity index (χ1v) is 7.72. The van der Waals surface area contributed by atoms with Crippen LogP contribution in [0.15, 0.2) is 65.1 Å². The number of benzene rings is 1. The number of ether oxygens (including phenoxy) is 1. The van der Waals surface area contributed by atoms with Crippen LogP contribution in [-0.4, -0.2) is 22.3 Å². The molecule has 0 aliphatic heterocycles. The molecule has 0 atom stereocenters. The summed E-state index contributed by atoms with van der Waals surface area (Å²) in [5.74, 6) is -0.104. The molecule has 0 unspecified atom stereocenters. The number of likely N-dealkylation sites (N-methyl/N-ethyl adjacent to an activating group) is 1. The van der Waals surface area contributed by atoms with Crippen molar-refractivity contribution in [2.45, 2.75) is 0 Å². The third-order valence-electron chi connectivity index (χ3n) is 3.57. The quantitative estimate of drug-likeness (QED) is 0.577. The maximum atomic E-state index is 12.9. The Bertz CT molecular complexity index is 1100. The molecule has 1 aromatic carbocycles. The number of para-hydroxylation sites is 1. The van der Waals surface area contributed by atoms with Crippen LogP contribution in [-0.2, 0) is 4.79 Å². The number of nitriles is 1. The Hall–Kier alpha value is -3.92. The first-order chi connectivity index (χ1) is 12.6. The van der Waals surface area contributed by atoms with Gasteiger partial charge in [0.1, 0.15) is 28.6 Å². The maximum Gasteiger partial charge on any atom is 0.269 e. The van der Waals surface area contributed by atoms with E-state index in [9.17, 15) is 14.9 Å². The van der Waals surface area contributed by atoms with Crippen LogP contribution < -0.4 is 15.6 Å². The summed E-state index contributed by atoms with van der Waals surface area (Å²) < 4.78 is 7.07. The van der Waals surface area contributed by atoms with Crippen molar-refractivity contribution in [3.8, 4) is 17.7 Å². The van der Waals surface area contributed by atoms with Crippen LogP contribution in [0.25, 0.3) is 11.7 Å². The number of fused-ring (bicyclic) bond motifs is 1. The molecule has 0 fully saturated rings. The topological polar surface area (TPSA) is 96.5 Å². The molecule has 0 aliphatic carbocycles. The van der Waals surface area contributed by atoms with Crippen molar-refractivity contribution in [1.29, 1.82) is 5.26 Å². The summed E-state index contributed by atoms with van der Waals surface area (Å²) in [6.45, 7) is 0. The molecule has 1 amide bonds. The van der Waals surface area contributed by atoms with Crippen molar-refractivity contribution in [1.82, 2.24) is 14.7 Å². The van der Waals surface area contributed by atoms with Gasteiger partial charge in [0.2, 0.25) is 5.88 Å². The standard InChI is InChI=1S/C19H14N4O3/c1-21-17(24)13(12-20)11-15-18(26-14-7-3-2-4-8-14)22-16-9-5-6-10-23(16)19(15)25/h2-11H,1H3,(H,21,24). The molecule has 0 saturated carbocycles. The van der Waals surface area contributed by atoms with E-state index < -0.39 is 11.5 Å². The van der Waals surface area contributed by atoms with Crippen LogP contribution >= 0.6 is 0 Å². The van der Waals surface area contributed by atoms with Gasteiger partial charge in [0.25, 0.3) is 11.5 Å². The Morgan fingerprint density at radius 3 is 2.65 bits per heavy atom. The average molecular weight is 346 g/mol. The Morgan fingerprint density at radius 1 is 1.23 bits per heavy atom. The molecule has 0 radical (unpaired) electrons. The number of hydrogen-bond acceptors (Lipinski definition) is 5. The summed E-state index contributed by atoms with van der Waals surface area (Å²) in [7, 11) is 1.40. The smallest absolute Gasteiger partial charge is 0.269 e. The Labute approximate surface area is 148 Å². The fourth-order valence-electron chi connectivity index (χ4n) is 2.31. The van der Waals surface area contributed by atoms with E-state index in [2.05, 4.69) is 10.3 Å². The van der Waals surface area contributed by atoms with Gasteiger partial charge in [0.05, 0.1) is 0 Å². The molecule has 3 aromatic rings. The molecule has 0 saturated heterocycles. The second kappa shape index (κ2) is 7.32. The molecule has 0 aliphatic rings. The second-order valence-electron chi connectivity index (χ2n) is 5.23. The molecule has 2 aromatic heterocycles. The van der Waals surface area contributed by atoms with Gasteiger partial charge in [-0.15, -0.1) is 0 Å². The molecule has 26 heavy (non-hydrogen) atoms. The van der Waals surface area contributed by atoms with E-state index in [0.717, 1.165) is 0 Å². The zero-order valence-corrected chi connectivity index (χ0v) is 13.8. The van der Waals surface area contributed by atoms with E-state index in [1.165, 1.54) is 17.5 Å². The van der Waals surface area contributed by atoms with Crippen LogP contribution in [0.5, 0.6) is 11.6 Å². The van der Waals surface area contributed by atoms with Gasteiger partial charge in [-0.25, -0.2) is 0 Å². The third kappa shape index (κ3) is 3.30. The van der Waals surface area contributed by atoms with E-state index in [0.29, 0.717) is 11.4 Å². The van der Waals surface area contributed by atoms with Crippen LogP contribution in [0.4, 0.5) is 0 Å². The summed E-state index contributed by atoms with van der Waals surface area (Å²) in [6.07, 6.45) is 2.74. The monoisotopic (exact) mass is 346 g/mol. The van der Waals surface area contributed by atoms with Crippen molar-refractivity contribution in [2.75, 3.05) is 7.05 Å². The van der Waals surface area contributed by atoms with E-state index in [1.807, 2.05) is 6.07 Å². The number of amides is 1.